The van der Waals surface area contributed by atoms with Crippen LogP contribution in [0, 0.1) is 5.82 Å². The lowest BCUT2D eigenvalue weighted by atomic mass is 10.2. The van der Waals surface area contributed by atoms with Gasteiger partial charge in [0.1, 0.15) is 11.6 Å². The third-order valence-corrected chi connectivity index (χ3v) is 2.21. The summed E-state index contributed by atoms with van der Waals surface area (Å²) in [5.41, 5.74) is 3.54. The van der Waals surface area contributed by atoms with Crippen LogP contribution in [-0.2, 0) is 11.0 Å². The molecular weight excluding hydrogens is 254 g/mol. The number of carbonyl (C=O) groups excluding carboxylic acids is 1. The van der Waals surface area contributed by atoms with Gasteiger partial charge in [0.25, 0.3) is 5.91 Å². The van der Waals surface area contributed by atoms with Crippen LogP contribution < -0.4 is 10.5 Å². The predicted molar refractivity (Wildman–Crippen MR) is 55.3 cm³/mol. The first kappa shape index (κ1) is 14.3. The first-order chi connectivity index (χ1) is 8.25. The van der Waals surface area contributed by atoms with E-state index in [4.69, 9.17) is 10.5 Å². The van der Waals surface area contributed by atoms with E-state index in [9.17, 15) is 22.4 Å². The van der Waals surface area contributed by atoms with E-state index < -0.39 is 29.6 Å². The van der Waals surface area contributed by atoms with Gasteiger partial charge in [-0.3, -0.25) is 4.79 Å². The van der Waals surface area contributed by atoms with Crippen LogP contribution in [0.3, 0.4) is 0 Å². The van der Waals surface area contributed by atoms with Crippen LogP contribution in [0.15, 0.2) is 18.2 Å². The van der Waals surface area contributed by atoms with Crippen molar-refractivity contribution in [2.45, 2.75) is 25.6 Å². The number of hydrogen-bond donors (Lipinski definition) is 1. The molecule has 18 heavy (non-hydrogen) atoms. The van der Waals surface area contributed by atoms with Crippen LogP contribution >= 0.6 is 0 Å². The monoisotopic (exact) mass is 265 g/mol. The van der Waals surface area contributed by atoms with E-state index in [2.05, 4.69) is 0 Å². The molecule has 0 spiro atoms. The fraction of sp³-hybridized carbons (Fsp3) is 0.364. The van der Waals surface area contributed by atoms with E-state index in [-0.39, 0.29) is 12.2 Å². The van der Waals surface area contributed by atoms with Gasteiger partial charge in [0.2, 0.25) is 0 Å². The maximum absolute atomic E-state index is 13.0. The summed E-state index contributed by atoms with van der Waals surface area (Å²) in [7, 11) is 0. The molecule has 100 valence electrons. The quantitative estimate of drug-likeness (QED) is 0.850. The number of hydrogen-bond acceptors (Lipinski definition) is 2. The molecule has 7 heteroatoms. The number of nitrogens with two attached hydrogens (primary N) is 1. The van der Waals surface area contributed by atoms with Crippen molar-refractivity contribution >= 4 is 5.91 Å². The highest BCUT2D eigenvalue weighted by Gasteiger charge is 2.34. The predicted octanol–water partition coefficient (Wildman–Crippen LogP) is 2.49. The molecule has 0 saturated heterocycles. The Morgan fingerprint density at radius 1 is 1.44 bits per heavy atom. The van der Waals surface area contributed by atoms with E-state index in [0.717, 1.165) is 6.07 Å². The Morgan fingerprint density at radius 2 is 2.06 bits per heavy atom. The molecule has 0 heterocycles. The van der Waals surface area contributed by atoms with Gasteiger partial charge >= 0.3 is 6.18 Å². The third-order valence-electron chi connectivity index (χ3n) is 2.21. The summed E-state index contributed by atoms with van der Waals surface area (Å²) < 4.78 is 55.2. The maximum atomic E-state index is 13.0. The van der Waals surface area contributed by atoms with Gasteiger partial charge in [0.05, 0.1) is 5.56 Å². The van der Waals surface area contributed by atoms with Crippen molar-refractivity contribution in [1.82, 2.24) is 0 Å². The number of halogens is 4. The second-order valence-corrected chi connectivity index (χ2v) is 3.56. The van der Waals surface area contributed by atoms with Gasteiger partial charge in [-0.25, -0.2) is 4.39 Å². The number of carbonyl (C=O) groups is 1. The lowest BCUT2D eigenvalue weighted by Gasteiger charge is -2.15. The average molecular weight is 265 g/mol. The molecule has 0 saturated carbocycles. The maximum Gasteiger partial charge on any atom is 0.419 e. The summed E-state index contributed by atoms with van der Waals surface area (Å²) in [5, 5.41) is 0. The Hall–Kier alpha value is -1.79. The van der Waals surface area contributed by atoms with Crippen molar-refractivity contribution in [2.75, 3.05) is 0 Å². The number of ether oxygens (including phenoxy) is 1. The normalized spacial score (nSPS) is 13.2. The zero-order valence-corrected chi connectivity index (χ0v) is 9.42. The van der Waals surface area contributed by atoms with Gasteiger partial charge < -0.3 is 10.5 Å². The Morgan fingerprint density at radius 3 is 2.50 bits per heavy atom. The number of amides is 1. The molecule has 1 aromatic carbocycles. The summed E-state index contributed by atoms with van der Waals surface area (Å²) in [4.78, 5) is 10.9. The molecule has 1 rings (SSSR count). The smallest absolute Gasteiger partial charge is 0.419 e. The van der Waals surface area contributed by atoms with E-state index in [0.29, 0.717) is 12.1 Å². The molecule has 1 atom stereocenters. The minimum absolute atomic E-state index is 0.202. The topological polar surface area (TPSA) is 52.3 Å². The highest BCUT2D eigenvalue weighted by atomic mass is 19.4. The van der Waals surface area contributed by atoms with Crippen LogP contribution in [0.25, 0.3) is 0 Å². The van der Waals surface area contributed by atoms with Gasteiger partial charge in [-0.15, -0.1) is 0 Å². The first-order valence-electron chi connectivity index (χ1n) is 5.08. The van der Waals surface area contributed by atoms with Crippen molar-refractivity contribution in [2.24, 2.45) is 5.73 Å². The van der Waals surface area contributed by atoms with E-state index in [1.165, 1.54) is 0 Å². The van der Waals surface area contributed by atoms with Crippen LogP contribution in [0.5, 0.6) is 5.75 Å². The van der Waals surface area contributed by atoms with Gasteiger partial charge in [0, 0.05) is 0 Å². The van der Waals surface area contributed by atoms with Gasteiger partial charge in [-0.2, -0.15) is 13.2 Å². The number of rotatable bonds is 4. The molecule has 0 fully saturated rings. The van der Waals surface area contributed by atoms with Crippen molar-refractivity contribution < 1.29 is 27.1 Å². The van der Waals surface area contributed by atoms with Crippen LogP contribution in [0.4, 0.5) is 17.6 Å². The molecule has 0 aliphatic carbocycles. The Kier molecular flexibility index (Phi) is 4.15. The standard InChI is InChI=1S/C11H11F4NO2/c1-2-9(10(16)17)18-6-3-4-8(12)7(5-6)11(13,14)15/h3-5,9H,2H2,1H3,(H2,16,17)/t9-/m0/s1. The molecule has 0 aromatic heterocycles. The van der Waals surface area contributed by atoms with E-state index in [1.807, 2.05) is 0 Å². The second kappa shape index (κ2) is 5.24. The Balaban J connectivity index is 3.02. The average Bonchev–Trinajstić information content (AvgIpc) is 2.25. The summed E-state index contributed by atoms with van der Waals surface area (Å²) in [6.07, 6.45) is -5.66. The second-order valence-electron chi connectivity index (χ2n) is 3.56. The van der Waals surface area contributed by atoms with Crippen molar-refractivity contribution in [3.8, 4) is 5.75 Å². The minimum Gasteiger partial charge on any atom is -0.481 e. The molecule has 0 aliphatic rings. The minimum atomic E-state index is -4.82. The van der Waals surface area contributed by atoms with E-state index in [1.54, 1.807) is 6.92 Å². The summed E-state index contributed by atoms with van der Waals surface area (Å²) >= 11 is 0. The summed E-state index contributed by atoms with van der Waals surface area (Å²) in [5.74, 6) is -2.45. The highest BCUT2D eigenvalue weighted by Crippen LogP contribution is 2.33. The number of primary amides is 1. The Labute approximate surface area is 101 Å². The molecule has 0 bridgehead atoms. The summed E-state index contributed by atoms with van der Waals surface area (Å²) in [6, 6.07) is 2.14. The zero-order chi connectivity index (χ0) is 13.9. The SMILES string of the molecule is CC[C@H](Oc1ccc(F)c(C(F)(F)F)c1)C(N)=O. The third kappa shape index (κ3) is 3.35. The zero-order valence-electron chi connectivity index (χ0n) is 9.42. The molecule has 3 nitrogen and oxygen atoms in total. The highest BCUT2D eigenvalue weighted by molar-refractivity contribution is 5.79. The summed E-state index contributed by atoms with van der Waals surface area (Å²) in [6.45, 7) is 1.59. The largest absolute Gasteiger partial charge is 0.481 e. The van der Waals surface area contributed by atoms with Crippen LogP contribution in [0.2, 0.25) is 0 Å². The molecule has 2 N–H and O–H groups in total. The fourth-order valence-electron chi connectivity index (χ4n) is 1.30. The van der Waals surface area contributed by atoms with Crippen molar-refractivity contribution in [3.05, 3.63) is 29.6 Å². The number of benzene rings is 1. The van der Waals surface area contributed by atoms with Crippen LogP contribution in [-0.4, -0.2) is 12.0 Å². The van der Waals surface area contributed by atoms with Crippen molar-refractivity contribution in [1.29, 1.82) is 0 Å². The van der Waals surface area contributed by atoms with Crippen LogP contribution in [0.1, 0.15) is 18.9 Å². The molecule has 0 unspecified atom stereocenters. The molecule has 0 radical (unpaired) electrons. The molecule has 1 aromatic rings. The molecule has 0 aliphatic heterocycles. The fourth-order valence-corrected chi connectivity index (χ4v) is 1.30. The number of alkyl halides is 3. The molecule has 1 amide bonds. The van der Waals surface area contributed by atoms with Gasteiger partial charge in [-0.1, -0.05) is 6.92 Å². The van der Waals surface area contributed by atoms with Crippen molar-refractivity contribution in [3.63, 3.8) is 0 Å². The molecular formula is C11H11F4NO2. The lowest BCUT2D eigenvalue weighted by Crippen LogP contribution is -2.33. The Bertz CT molecular complexity index is 445. The van der Waals surface area contributed by atoms with Gasteiger partial charge in [-0.05, 0) is 24.6 Å². The van der Waals surface area contributed by atoms with E-state index >= 15 is 0 Å². The first-order valence-corrected chi connectivity index (χ1v) is 5.08. The lowest BCUT2D eigenvalue weighted by molar-refractivity contribution is -0.140. The van der Waals surface area contributed by atoms with Gasteiger partial charge in [0.15, 0.2) is 6.10 Å².